The Kier molecular flexibility index (Phi) is 5.40. The van der Waals surface area contributed by atoms with Gasteiger partial charge in [0.15, 0.2) is 0 Å². The number of carbonyl (C=O) groups is 1. The number of carbonyl (C=O) groups excluding carboxylic acids is 1. The van der Waals surface area contributed by atoms with E-state index < -0.39 is 0 Å². The normalized spacial score (nSPS) is 9.76. The number of nitrogens with zero attached hydrogens (tertiary/aromatic N) is 1. The Morgan fingerprint density at radius 3 is 2.82 bits per heavy atom. The van der Waals surface area contributed by atoms with Crippen molar-refractivity contribution in [2.45, 2.75) is 6.92 Å². The molecule has 90 valence electrons. The Labute approximate surface area is 111 Å². The van der Waals surface area contributed by atoms with E-state index in [2.05, 4.69) is 5.92 Å². The van der Waals surface area contributed by atoms with Crippen molar-refractivity contribution < 1.29 is 4.79 Å². The second kappa shape index (κ2) is 6.58. The lowest BCUT2D eigenvalue weighted by atomic mass is 10.2. The van der Waals surface area contributed by atoms with E-state index in [1.54, 1.807) is 11.0 Å². The predicted molar refractivity (Wildman–Crippen MR) is 75.8 cm³/mol. The fourth-order valence-electron chi connectivity index (χ4n) is 1.55. The summed E-state index contributed by atoms with van der Waals surface area (Å²) >= 11 is 7.60. The Hall–Kier alpha value is -1.11. The average Bonchev–Trinajstić information content (AvgIpc) is 2.28. The fourth-order valence-corrected chi connectivity index (χ4v) is 2.28. The number of anilines is 1. The molecular weight excluding hydrogens is 254 g/mol. The van der Waals surface area contributed by atoms with Gasteiger partial charge in [-0.2, -0.15) is 11.8 Å². The van der Waals surface area contributed by atoms with E-state index in [1.165, 1.54) is 11.8 Å². The maximum Gasteiger partial charge on any atom is 0.237 e. The molecule has 0 saturated heterocycles. The number of amides is 1. The van der Waals surface area contributed by atoms with Crippen LogP contribution in [0.15, 0.2) is 18.2 Å². The molecular formula is C13H14ClNOS. The first-order valence-electron chi connectivity index (χ1n) is 5.09. The number of rotatable bonds is 4. The smallest absolute Gasteiger partial charge is 0.237 e. The highest BCUT2D eigenvalue weighted by atomic mass is 35.5. The molecule has 4 heteroatoms. The van der Waals surface area contributed by atoms with Crippen LogP contribution in [0.3, 0.4) is 0 Å². The van der Waals surface area contributed by atoms with E-state index in [-0.39, 0.29) is 12.5 Å². The van der Waals surface area contributed by atoms with Gasteiger partial charge in [-0.15, -0.1) is 6.42 Å². The minimum atomic E-state index is -0.0216. The fraction of sp³-hybridized carbons (Fsp3) is 0.308. The van der Waals surface area contributed by atoms with Gasteiger partial charge in [-0.3, -0.25) is 9.69 Å². The first kappa shape index (κ1) is 14.0. The lowest BCUT2D eigenvalue weighted by molar-refractivity contribution is -0.116. The van der Waals surface area contributed by atoms with Gasteiger partial charge >= 0.3 is 0 Å². The zero-order chi connectivity index (χ0) is 12.8. The van der Waals surface area contributed by atoms with E-state index >= 15 is 0 Å². The van der Waals surface area contributed by atoms with Crippen LogP contribution < -0.4 is 4.90 Å². The highest BCUT2D eigenvalue weighted by Gasteiger charge is 2.18. The standard InChI is InChI=1S/C13H14ClNOS/c1-4-8-15(12(16)9-17-3)13-10(2)6-5-7-11(13)14/h1,5-7H,8-9H2,2-3H3. The molecule has 2 nitrogen and oxygen atoms in total. The summed E-state index contributed by atoms with van der Waals surface area (Å²) in [6.45, 7) is 2.15. The van der Waals surface area contributed by atoms with Crippen LogP contribution in [0.5, 0.6) is 0 Å². The predicted octanol–water partition coefficient (Wildman–Crippen LogP) is 2.98. The topological polar surface area (TPSA) is 20.3 Å². The molecule has 0 aliphatic rings. The molecule has 1 aromatic carbocycles. The van der Waals surface area contributed by atoms with Crippen LogP contribution >= 0.6 is 23.4 Å². The van der Waals surface area contributed by atoms with E-state index in [1.807, 2.05) is 25.3 Å². The van der Waals surface area contributed by atoms with Gasteiger partial charge in [0.25, 0.3) is 0 Å². The molecule has 0 N–H and O–H groups in total. The van der Waals surface area contributed by atoms with E-state index in [0.717, 1.165) is 5.56 Å². The van der Waals surface area contributed by atoms with Crippen LogP contribution in [0.25, 0.3) is 0 Å². The molecule has 0 aromatic heterocycles. The van der Waals surface area contributed by atoms with Crippen molar-refractivity contribution in [3.8, 4) is 12.3 Å². The zero-order valence-electron chi connectivity index (χ0n) is 9.87. The summed E-state index contributed by atoms with van der Waals surface area (Å²) in [6.07, 6.45) is 7.19. The second-order valence-corrected chi connectivity index (χ2v) is 4.80. The summed E-state index contributed by atoms with van der Waals surface area (Å²) in [7, 11) is 0. The van der Waals surface area contributed by atoms with Gasteiger partial charge in [-0.25, -0.2) is 0 Å². The molecule has 0 atom stereocenters. The molecule has 1 amide bonds. The number of halogens is 1. The Bertz CT molecular complexity index is 433. The largest absolute Gasteiger partial charge is 0.298 e. The van der Waals surface area contributed by atoms with Crippen molar-refractivity contribution in [1.29, 1.82) is 0 Å². The lowest BCUT2D eigenvalue weighted by Gasteiger charge is -2.23. The summed E-state index contributed by atoms with van der Waals surface area (Å²) in [5.41, 5.74) is 1.66. The molecule has 1 rings (SSSR count). The first-order chi connectivity index (χ1) is 8.11. The van der Waals surface area contributed by atoms with E-state index in [0.29, 0.717) is 16.5 Å². The number of thioether (sulfide) groups is 1. The van der Waals surface area contributed by atoms with Crippen LogP contribution in [0, 0.1) is 19.3 Å². The third-order valence-corrected chi connectivity index (χ3v) is 3.12. The number of hydrogen-bond donors (Lipinski definition) is 0. The lowest BCUT2D eigenvalue weighted by Crippen LogP contribution is -2.33. The Balaban J connectivity index is 3.14. The van der Waals surface area contributed by atoms with Gasteiger partial charge < -0.3 is 0 Å². The van der Waals surface area contributed by atoms with Crippen molar-refractivity contribution in [2.75, 3.05) is 23.5 Å². The molecule has 0 fully saturated rings. The molecule has 0 unspecified atom stereocenters. The molecule has 0 heterocycles. The van der Waals surface area contributed by atoms with Gasteiger partial charge in [-0.1, -0.05) is 29.7 Å². The van der Waals surface area contributed by atoms with Crippen LogP contribution in [0.2, 0.25) is 5.02 Å². The number of benzene rings is 1. The van der Waals surface area contributed by atoms with Crippen molar-refractivity contribution in [2.24, 2.45) is 0 Å². The average molecular weight is 268 g/mol. The van der Waals surface area contributed by atoms with Gasteiger partial charge in [0.1, 0.15) is 0 Å². The monoisotopic (exact) mass is 267 g/mol. The Morgan fingerprint density at radius 1 is 1.59 bits per heavy atom. The van der Waals surface area contributed by atoms with Crippen molar-refractivity contribution in [1.82, 2.24) is 0 Å². The first-order valence-corrected chi connectivity index (χ1v) is 6.87. The molecule has 1 aromatic rings. The number of terminal acetylenes is 1. The zero-order valence-corrected chi connectivity index (χ0v) is 11.4. The summed E-state index contributed by atoms with van der Waals surface area (Å²) in [6, 6.07) is 5.53. The SMILES string of the molecule is C#CCN(C(=O)CSC)c1c(C)cccc1Cl. The molecule has 0 aliphatic carbocycles. The van der Waals surface area contributed by atoms with Crippen molar-refractivity contribution >= 4 is 35.0 Å². The molecule has 0 radical (unpaired) electrons. The van der Waals surface area contributed by atoms with Crippen LogP contribution in [-0.4, -0.2) is 24.5 Å². The number of aryl methyl sites for hydroxylation is 1. The van der Waals surface area contributed by atoms with E-state index in [9.17, 15) is 4.79 Å². The maximum atomic E-state index is 12.0. The number of hydrogen-bond acceptors (Lipinski definition) is 2. The molecule has 17 heavy (non-hydrogen) atoms. The molecule has 0 aliphatic heterocycles. The summed E-state index contributed by atoms with van der Waals surface area (Å²) in [4.78, 5) is 13.6. The Morgan fingerprint density at radius 2 is 2.29 bits per heavy atom. The maximum absolute atomic E-state index is 12.0. The minimum absolute atomic E-state index is 0.0216. The van der Waals surface area contributed by atoms with Gasteiger partial charge in [0, 0.05) is 0 Å². The second-order valence-electron chi connectivity index (χ2n) is 3.52. The third kappa shape index (κ3) is 3.42. The quantitative estimate of drug-likeness (QED) is 0.782. The molecule has 0 spiro atoms. The van der Waals surface area contributed by atoms with Crippen molar-refractivity contribution in [3.05, 3.63) is 28.8 Å². The van der Waals surface area contributed by atoms with Crippen LogP contribution in [0.4, 0.5) is 5.69 Å². The van der Waals surface area contributed by atoms with E-state index in [4.69, 9.17) is 18.0 Å². The summed E-state index contributed by atoms with van der Waals surface area (Å²) in [5.74, 6) is 2.87. The third-order valence-electron chi connectivity index (χ3n) is 2.28. The molecule has 0 bridgehead atoms. The van der Waals surface area contributed by atoms with Gasteiger partial charge in [-0.05, 0) is 24.8 Å². The van der Waals surface area contributed by atoms with Gasteiger partial charge in [0.05, 0.1) is 23.0 Å². The summed E-state index contributed by atoms with van der Waals surface area (Å²) in [5, 5.41) is 0.551. The number of para-hydroxylation sites is 1. The van der Waals surface area contributed by atoms with Crippen molar-refractivity contribution in [3.63, 3.8) is 0 Å². The highest BCUT2D eigenvalue weighted by molar-refractivity contribution is 7.99. The van der Waals surface area contributed by atoms with Crippen LogP contribution in [-0.2, 0) is 4.79 Å². The summed E-state index contributed by atoms with van der Waals surface area (Å²) < 4.78 is 0. The minimum Gasteiger partial charge on any atom is -0.298 e. The highest BCUT2D eigenvalue weighted by Crippen LogP contribution is 2.29. The van der Waals surface area contributed by atoms with Crippen LogP contribution in [0.1, 0.15) is 5.56 Å². The van der Waals surface area contributed by atoms with Gasteiger partial charge in [0.2, 0.25) is 5.91 Å². The molecule has 0 saturated carbocycles.